The average molecular weight is 685 g/mol. The predicted octanol–water partition coefficient (Wildman–Crippen LogP) is 6.61. The highest BCUT2D eigenvalue weighted by atomic mass is 79.9. The number of ether oxygens (including phenoxy) is 2. The number of piperidine rings is 1. The highest BCUT2D eigenvalue weighted by Crippen LogP contribution is 2.48. The molecule has 3 atom stereocenters. The Morgan fingerprint density at radius 1 is 1.04 bits per heavy atom. The molecule has 2 amide bonds. The van der Waals surface area contributed by atoms with E-state index >= 15 is 0 Å². The van der Waals surface area contributed by atoms with Crippen LogP contribution >= 0.6 is 15.9 Å². The zero-order valence-corrected chi connectivity index (χ0v) is 26.8. The maximum absolute atomic E-state index is 13.7. The minimum Gasteiger partial charge on any atom is -0.474 e. The third kappa shape index (κ3) is 6.06. The second-order valence-corrected chi connectivity index (χ2v) is 13.1. The first-order valence-corrected chi connectivity index (χ1v) is 15.8. The average Bonchev–Trinajstić information content (AvgIpc) is 3.38. The summed E-state index contributed by atoms with van der Waals surface area (Å²) in [5, 5.41) is 2.96. The quantitative estimate of drug-likeness (QED) is 0.198. The summed E-state index contributed by atoms with van der Waals surface area (Å²) in [4.78, 5) is 37.1. The Labute approximate surface area is 273 Å². The van der Waals surface area contributed by atoms with E-state index in [2.05, 4.69) is 26.2 Å². The lowest BCUT2D eigenvalue weighted by Crippen LogP contribution is -2.41. The number of hydrogen-bond acceptors (Lipinski definition) is 6. The first-order valence-electron chi connectivity index (χ1n) is 15.0. The van der Waals surface area contributed by atoms with Crippen LogP contribution in [0.4, 0.5) is 9.18 Å². The summed E-state index contributed by atoms with van der Waals surface area (Å²) in [5.74, 6) is 0.386. The fourth-order valence-electron chi connectivity index (χ4n) is 6.02. The van der Waals surface area contributed by atoms with Gasteiger partial charge in [-0.05, 0) is 77.3 Å². The fourth-order valence-corrected chi connectivity index (χ4v) is 6.58. The van der Waals surface area contributed by atoms with Crippen LogP contribution in [0.15, 0.2) is 95.9 Å². The highest BCUT2D eigenvalue weighted by molar-refractivity contribution is 9.10. The molecule has 1 aliphatic heterocycles. The number of alkyl carbamates (subject to hydrolysis) is 1. The molecule has 234 valence electrons. The number of halogens is 2. The van der Waals surface area contributed by atoms with Crippen molar-refractivity contribution in [1.82, 2.24) is 24.6 Å². The number of carbonyl (C=O) groups excluding carboxylic acids is 2. The molecule has 1 N–H and O–H groups in total. The van der Waals surface area contributed by atoms with Crippen molar-refractivity contribution in [2.24, 2.45) is 11.8 Å². The van der Waals surface area contributed by atoms with Gasteiger partial charge in [0, 0.05) is 55.1 Å². The van der Waals surface area contributed by atoms with Crippen LogP contribution in [0, 0.1) is 17.7 Å². The second-order valence-electron chi connectivity index (χ2n) is 12.3. The van der Waals surface area contributed by atoms with E-state index in [1.165, 1.54) is 12.1 Å². The normalized spacial score (nSPS) is 18.7. The Morgan fingerprint density at radius 3 is 2.52 bits per heavy atom. The number of hydrogen-bond donors (Lipinski definition) is 1. The van der Waals surface area contributed by atoms with Gasteiger partial charge in [0.05, 0.1) is 21.3 Å². The number of aromatic nitrogens is 3. The highest BCUT2D eigenvalue weighted by Gasteiger charge is 2.59. The number of rotatable bonds is 8. The zero-order valence-electron chi connectivity index (χ0n) is 25.2. The number of nitrogens with zero attached hydrogens (tertiary/aromatic N) is 4. The number of amides is 2. The number of likely N-dealkylation sites (tertiary alicyclic amines) is 1. The van der Waals surface area contributed by atoms with Gasteiger partial charge in [-0.15, -0.1) is 0 Å². The molecule has 46 heavy (non-hydrogen) atoms. The van der Waals surface area contributed by atoms with Crippen molar-refractivity contribution in [2.75, 3.05) is 13.1 Å². The van der Waals surface area contributed by atoms with Crippen molar-refractivity contribution in [2.45, 2.75) is 32.1 Å². The van der Waals surface area contributed by atoms with Gasteiger partial charge < -0.3 is 24.1 Å². The van der Waals surface area contributed by atoms with Crippen molar-refractivity contribution in [3.8, 4) is 17.1 Å². The molecule has 2 fully saturated rings. The van der Waals surface area contributed by atoms with Gasteiger partial charge in [-0.3, -0.25) is 4.79 Å². The molecule has 0 spiro atoms. The van der Waals surface area contributed by atoms with Gasteiger partial charge in [0.15, 0.2) is 5.65 Å². The minimum absolute atomic E-state index is 0.0343. The monoisotopic (exact) mass is 683 g/mol. The minimum atomic E-state index is -0.850. The summed E-state index contributed by atoms with van der Waals surface area (Å²) in [6.07, 6.45) is 4.65. The van der Waals surface area contributed by atoms with Crippen LogP contribution in [-0.2, 0) is 16.9 Å². The Morgan fingerprint density at radius 2 is 1.78 bits per heavy atom. The van der Waals surface area contributed by atoms with Gasteiger partial charge in [0.25, 0.3) is 5.91 Å². The summed E-state index contributed by atoms with van der Waals surface area (Å²) < 4.78 is 28.2. The fraction of sp³-hybridized carbons (Fsp3) is 0.257. The van der Waals surface area contributed by atoms with E-state index in [0.29, 0.717) is 35.8 Å². The van der Waals surface area contributed by atoms with Crippen molar-refractivity contribution < 1.29 is 23.5 Å². The number of fused-ring (bicyclic) bond motifs is 2. The summed E-state index contributed by atoms with van der Waals surface area (Å²) in [7, 11) is 0. The van der Waals surface area contributed by atoms with E-state index in [1.807, 2.05) is 77.9 Å². The first-order chi connectivity index (χ1) is 22.1. The van der Waals surface area contributed by atoms with Crippen molar-refractivity contribution in [1.29, 1.82) is 0 Å². The SMILES string of the molecule is CC(C)(NC(=O)OCc1ccccc1)c1cc(OC2[C@H]3CN(C(=O)c4cc(Br)c5nccn5c4)C[C@@H]23)nc(-c2ccc(F)cc2)c1. The van der Waals surface area contributed by atoms with Crippen LogP contribution in [0.3, 0.4) is 0 Å². The van der Waals surface area contributed by atoms with Crippen molar-refractivity contribution in [3.05, 3.63) is 118 Å². The molecular weight excluding hydrogens is 653 g/mol. The first kappa shape index (κ1) is 29.9. The Hall–Kier alpha value is -4.77. The molecule has 11 heteroatoms. The molecule has 2 aromatic carbocycles. The molecular formula is C35H31BrFN5O4. The maximum Gasteiger partial charge on any atom is 0.408 e. The third-order valence-electron chi connectivity index (χ3n) is 8.64. The van der Waals surface area contributed by atoms with E-state index in [-0.39, 0.29) is 36.3 Å². The van der Waals surface area contributed by atoms with Gasteiger partial charge in [0.2, 0.25) is 5.88 Å². The molecule has 0 bridgehead atoms. The topological polar surface area (TPSA) is 98.1 Å². The smallest absolute Gasteiger partial charge is 0.408 e. The largest absolute Gasteiger partial charge is 0.474 e. The van der Waals surface area contributed by atoms with Gasteiger partial charge in [-0.25, -0.2) is 19.2 Å². The van der Waals surface area contributed by atoms with Crippen molar-refractivity contribution >= 4 is 33.6 Å². The molecule has 1 saturated carbocycles. The van der Waals surface area contributed by atoms with Crippen LogP contribution in [-0.4, -0.2) is 50.5 Å². The van der Waals surface area contributed by atoms with E-state index < -0.39 is 11.6 Å². The van der Waals surface area contributed by atoms with Gasteiger partial charge in [-0.2, -0.15) is 0 Å². The van der Waals surface area contributed by atoms with Crippen LogP contribution in [0.25, 0.3) is 16.9 Å². The third-order valence-corrected chi connectivity index (χ3v) is 9.22. The van der Waals surface area contributed by atoms with Gasteiger partial charge in [0.1, 0.15) is 18.5 Å². The number of benzene rings is 2. The molecule has 0 radical (unpaired) electrons. The summed E-state index contributed by atoms with van der Waals surface area (Å²) in [5.41, 5.74) is 3.43. The Balaban J connectivity index is 1.06. The molecule has 2 aliphatic rings. The lowest BCUT2D eigenvalue weighted by Gasteiger charge is -2.27. The van der Waals surface area contributed by atoms with Crippen LogP contribution in [0.5, 0.6) is 5.88 Å². The van der Waals surface area contributed by atoms with Crippen LogP contribution in [0.1, 0.15) is 35.3 Å². The Bertz CT molecular complexity index is 1920. The molecule has 3 aromatic heterocycles. The van der Waals surface area contributed by atoms with Gasteiger partial charge in [-0.1, -0.05) is 30.3 Å². The Kier molecular flexibility index (Phi) is 7.72. The standard InChI is InChI=1S/C35H31BrFN5O4/c1-35(2,40-34(44)45-20-21-6-4-3-5-7-21)24-15-29(22-8-10-25(37)11-9-22)39-30(16-24)46-31-26-18-42(19-27(26)31)33(43)23-14-28(36)32-38-12-13-41(32)17-23/h3-17,26-27,31H,18-20H2,1-2H3,(H,40,44)/t26-,27+,31?. The van der Waals surface area contributed by atoms with Crippen LogP contribution in [0.2, 0.25) is 0 Å². The summed E-state index contributed by atoms with van der Waals surface area (Å²) >= 11 is 3.52. The van der Waals surface area contributed by atoms with Gasteiger partial charge >= 0.3 is 6.09 Å². The number of nitrogens with one attached hydrogen (secondary N) is 1. The molecule has 1 unspecified atom stereocenters. The molecule has 1 aliphatic carbocycles. The predicted molar refractivity (Wildman–Crippen MR) is 173 cm³/mol. The number of carbonyl (C=O) groups is 2. The number of imidazole rings is 1. The lowest BCUT2D eigenvalue weighted by atomic mass is 9.93. The van der Waals surface area contributed by atoms with Crippen molar-refractivity contribution in [3.63, 3.8) is 0 Å². The van der Waals surface area contributed by atoms with Crippen LogP contribution < -0.4 is 10.1 Å². The summed E-state index contributed by atoms with van der Waals surface area (Å²) in [6.45, 7) is 5.06. The number of pyridine rings is 2. The van der Waals surface area contributed by atoms with E-state index in [9.17, 15) is 14.0 Å². The molecule has 5 aromatic rings. The zero-order chi connectivity index (χ0) is 32.0. The summed E-state index contributed by atoms with van der Waals surface area (Å²) in [6, 6.07) is 21.0. The molecule has 7 rings (SSSR count). The second kappa shape index (κ2) is 11.9. The molecule has 9 nitrogen and oxygen atoms in total. The maximum atomic E-state index is 13.7. The van der Waals surface area contributed by atoms with E-state index in [4.69, 9.17) is 14.5 Å². The van der Waals surface area contributed by atoms with E-state index in [0.717, 1.165) is 21.2 Å². The van der Waals surface area contributed by atoms with E-state index in [1.54, 1.807) is 24.5 Å². The lowest BCUT2D eigenvalue weighted by molar-refractivity contribution is 0.0750. The molecule has 1 saturated heterocycles. The molecule has 4 heterocycles.